The number of aromatic nitrogens is 1. The van der Waals surface area contributed by atoms with Crippen molar-refractivity contribution in [2.75, 3.05) is 12.4 Å². The zero-order chi connectivity index (χ0) is 12.0. The first-order valence-corrected chi connectivity index (χ1v) is 6.47. The molecule has 0 N–H and O–H groups in total. The van der Waals surface area contributed by atoms with Gasteiger partial charge in [-0.15, -0.1) is 11.8 Å². The van der Waals surface area contributed by atoms with Crippen molar-refractivity contribution in [3.8, 4) is 0 Å². The molecule has 0 radical (unpaired) electrons. The van der Waals surface area contributed by atoms with Crippen LogP contribution in [0.25, 0.3) is 0 Å². The van der Waals surface area contributed by atoms with Gasteiger partial charge in [-0.2, -0.15) is 0 Å². The molecule has 0 bridgehead atoms. The number of rotatable bonds is 5. The summed E-state index contributed by atoms with van der Waals surface area (Å²) in [6, 6.07) is 1.77. The van der Waals surface area contributed by atoms with E-state index in [4.69, 9.17) is 27.9 Å². The molecule has 0 unspecified atom stereocenters. The van der Waals surface area contributed by atoms with Crippen LogP contribution in [0.2, 0.25) is 10.2 Å². The molecule has 0 saturated carbocycles. The number of carbonyl (C=O) groups is 1. The molecule has 0 spiro atoms. The van der Waals surface area contributed by atoms with Gasteiger partial charge in [0.05, 0.1) is 18.1 Å². The highest BCUT2D eigenvalue weighted by Gasteiger charge is 2.07. The Balaban J connectivity index is 2.43. The molecule has 1 aromatic rings. The van der Waals surface area contributed by atoms with Crippen LogP contribution in [0.3, 0.4) is 0 Å². The summed E-state index contributed by atoms with van der Waals surface area (Å²) in [5.74, 6) is 0.407. The van der Waals surface area contributed by atoms with Gasteiger partial charge in [-0.25, -0.2) is 4.98 Å². The van der Waals surface area contributed by atoms with Gasteiger partial charge in [0, 0.05) is 16.8 Å². The van der Waals surface area contributed by atoms with Crippen LogP contribution in [0.5, 0.6) is 0 Å². The van der Waals surface area contributed by atoms with Crippen molar-refractivity contribution in [1.29, 1.82) is 0 Å². The molecule has 0 atom stereocenters. The third-order valence-corrected chi connectivity index (χ3v) is 3.62. The van der Waals surface area contributed by atoms with E-state index in [0.717, 1.165) is 4.90 Å². The lowest BCUT2D eigenvalue weighted by Crippen LogP contribution is -2.04. The molecule has 0 amide bonds. The van der Waals surface area contributed by atoms with Crippen molar-refractivity contribution in [3.63, 3.8) is 0 Å². The highest BCUT2D eigenvalue weighted by molar-refractivity contribution is 7.99. The van der Waals surface area contributed by atoms with Crippen molar-refractivity contribution in [2.24, 2.45) is 0 Å². The second-order valence-corrected chi connectivity index (χ2v) is 4.69. The molecular weight excluding hydrogens is 269 g/mol. The van der Waals surface area contributed by atoms with Gasteiger partial charge >= 0.3 is 5.97 Å². The van der Waals surface area contributed by atoms with Crippen LogP contribution >= 0.6 is 35.0 Å². The van der Waals surface area contributed by atoms with Gasteiger partial charge in [-0.05, 0) is 13.0 Å². The van der Waals surface area contributed by atoms with E-state index in [2.05, 4.69) is 4.98 Å². The summed E-state index contributed by atoms with van der Waals surface area (Å²) in [5.41, 5.74) is 0. The van der Waals surface area contributed by atoms with Crippen LogP contribution in [0.15, 0.2) is 17.2 Å². The van der Waals surface area contributed by atoms with Crippen molar-refractivity contribution >= 4 is 40.9 Å². The van der Waals surface area contributed by atoms with Crippen LogP contribution in [0, 0.1) is 0 Å². The Kier molecular flexibility index (Phi) is 5.95. The smallest absolute Gasteiger partial charge is 0.306 e. The molecule has 16 heavy (non-hydrogen) atoms. The third-order valence-electron chi connectivity index (χ3n) is 1.68. The van der Waals surface area contributed by atoms with Crippen LogP contribution < -0.4 is 0 Å². The van der Waals surface area contributed by atoms with Gasteiger partial charge in [0.1, 0.15) is 5.15 Å². The fourth-order valence-corrected chi connectivity index (χ4v) is 2.35. The van der Waals surface area contributed by atoms with Crippen molar-refractivity contribution in [2.45, 2.75) is 18.2 Å². The molecular formula is C10H11Cl2NO2S. The van der Waals surface area contributed by atoms with E-state index < -0.39 is 0 Å². The quantitative estimate of drug-likeness (QED) is 0.470. The number of pyridine rings is 1. The topological polar surface area (TPSA) is 39.2 Å². The maximum Gasteiger partial charge on any atom is 0.306 e. The minimum absolute atomic E-state index is 0.203. The van der Waals surface area contributed by atoms with Crippen LogP contribution in [-0.2, 0) is 9.53 Å². The normalized spacial score (nSPS) is 10.2. The molecule has 0 aliphatic rings. The van der Waals surface area contributed by atoms with E-state index in [1.807, 2.05) is 0 Å². The number of ether oxygens (including phenoxy) is 1. The Bertz CT molecular complexity index is 374. The molecule has 0 aromatic carbocycles. The number of hydrogen-bond donors (Lipinski definition) is 0. The highest BCUT2D eigenvalue weighted by atomic mass is 35.5. The first kappa shape index (κ1) is 13.6. The van der Waals surface area contributed by atoms with Crippen LogP contribution in [0.1, 0.15) is 13.3 Å². The minimum atomic E-state index is -0.203. The summed E-state index contributed by atoms with van der Waals surface area (Å²) < 4.78 is 4.81. The Hall–Kier alpha value is -0.450. The third kappa shape index (κ3) is 4.20. The molecule has 1 aromatic heterocycles. The molecule has 88 valence electrons. The molecule has 0 saturated heterocycles. The van der Waals surface area contributed by atoms with Crippen molar-refractivity contribution in [3.05, 3.63) is 22.4 Å². The highest BCUT2D eigenvalue weighted by Crippen LogP contribution is 2.31. The number of esters is 1. The summed E-state index contributed by atoms with van der Waals surface area (Å²) in [5, 5.41) is 0.709. The Morgan fingerprint density at radius 3 is 3.00 bits per heavy atom. The molecule has 3 nitrogen and oxygen atoms in total. The number of nitrogens with zero attached hydrogens (tertiary/aromatic N) is 1. The second kappa shape index (κ2) is 6.99. The van der Waals surface area contributed by atoms with E-state index in [-0.39, 0.29) is 11.1 Å². The van der Waals surface area contributed by atoms with E-state index in [9.17, 15) is 4.79 Å². The van der Waals surface area contributed by atoms with Gasteiger partial charge in [0.15, 0.2) is 0 Å². The largest absolute Gasteiger partial charge is 0.466 e. The number of hydrogen-bond acceptors (Lipinski definition) is 4. The van der Waals surface area contributed by atoms with Gasteiger partial charge in [-0.3, -0.25) is 4.79 Å². The van der Waals surface area contributed by atoms with E-state index in [0.29, 0.717) is 23.8 Å². The van der Waals surface area contributed by atoms with Crippen LogP contribution in [0.4, 0.5) is 0 Å². The second-order valence-electron chi connectivity index (χ2n) is 2.82. The average molecular weight is 280 g/mol. The van der Waals surface area contributed by atoms with Gasteiger partial charge in [0.2, 0.25) is 0 Å². The standard InChI is InChI=1S/C10H11Cl2NO2S/c1-2-15-8(14)4-6-16-7-3-5-13-10(12)9(7)11/h3,5H,2,4,6H2,1H3. The average Bonchev–Trinajstić information content (AvgIpc) is 2.25. The first-order chi connectivity index (χ1) is 7.65. The summed E-state index contributed by atoms with van der Waals surface area (Å²) >= 11 is 13.2. The maximum absolute atomic E-state index is 11.1. The van der Waals surface area contributed by atoms with Gasteiger partial charge in [-0.1, -0.05) is 23.2 Å². The Morgan fingerprint density at radius 1 is 1.56 bits per heavy atom. The fraction of sp³-hybridized carbons (Fsp3) is 0.400. The van der Waals surface area contributed by atoms with E-state index in [1.54, 1.807) is 19.2 Å². The van der Waals surface area contributed by atoms with Crippen molar-refractivity contribution < 1.29 is 9.53 Å². The molecule has 1 rings (SSSR count). The molecule has 0 aliphatic carbocycles. The molecule has 0 fully saturated rings. The summed E-state index contributed by atoms with van der Waals surface area (Å²) in [4.78, 5) is 15.7. The Labute approximate surface area is 108 Å². The fourth-order valence-electron chi connectivity index (χ4n) is 0.991. The summed E-state index contributed by atoms with van der Waals surface area (Å²) in [6.45, 7) is 2.19. The summed E-state index contributed by atoms with van der Waals surface area (Å²) in [7, 11) is 0. The SMILES string of the molecule is CCOC(=O)CCSc1ccnc(Cl)c1Cl. The van der Waals surface area contributed by atoms with Gasteiger partial charge in [0.25, 0.3) is 0 Å². The molecule has 0 aliphatic heterocycles. The lowest BCUT2D eigenvalue weighted by molar-refractivity contribution is -0.142. The number of halogens is 2. The predicted octanol–water partition coefficient (Wildman–Crippen LogP) is 3.43. The monoisotopic (exact) mass is 279 g/mol. The zero-order valence-electron chi connectivity index (χ0n) is 8.70. The van der Waals surface area contributed by atoms with Crippen molar-refractivity contribution in [1.82, 2.24) is 4.98 Å². The predicted molar refractivity (Wildman–Crippen MR) is 66.2 cm³/mol. The van der Waals surface area contributed by atoms with Gasteiger partial charge < -0.3 is 4.74 Å². The Morgan fingerprint density at radius 2 is 2.31 bits per heavy atom. The number of carbonyl (C=O) groups excluding carboxylic acids is 1. The lowest BCUT2D eigenvalue weighted by atomic mass is 10.5. The van der Waals surface area contributed by atoms with E-state index in [1.165, 1.54) is 11.8 Å². The minimum Gasteiger partial charge on any atom is -0.466 e. The maximum atomic E-state index is 11.1. The number of thioether (sulfide) groups is 1. The summed E-state index contributed by atoms with van der Waals surface area (Å²) in [6.07, 6.45) is 1.94. The zero-order valence-corrected chi connectivity index (χ0v) is 11.0. The van der Waals surface area contributed by atoms with E-state index >= 15 is 0 Å². The molecule has 6 heteroatoms. The molecule has 1 heterocycles. The van der Waals surface area contributed by atoms with Crippen LogP contribution in [-0.4, -0.2) is 23.3 Å². The lowest BCUT2D eigenvalue weighted by Gasteiger charge is -2.04. The first-order valence-electron chi connectivity index (χ1n) is 4.73.